The van der Waals surface area contributed by atoms with Crippen LogP contribution in [0.5, 0.6) is 0 Å². The number of halogens is 1. The first kappa shape index (κ1) is 12.7. The number of H-pyrrole nitrogens is 1. The van der Waals surface area contributed by atoms with Crippen LogP contribution in [-0.2, 0) is 6.42 Å². The molecule has 3 nitrogen and oxygen atoms in total. The quantitative estimate of drug-likeness (QED) is 0.903. The van der Waals surface area contributed by atoms with Crippen LogP contribution >= 0.6 is 11.6 Å². The molecule has 2 N–H and O–H groups in total. The third-order valence-corrected chi connectivity index (χ3v) is 4.06. The molecule has 1 saturated heterocycles. The number of nitrogens with one attached hydrogen (secondary N) is 2. The molecule has 19 heavy (non-hydrogen) atoms. The maximum atomic E-state index is 6.20. The molecule has 0 radical (unpaired) electrons. The molecule has 2 heterocycles. The number of benzene rings is 1. The summed E-state index contributed by atoms with van der Waals surface area (Å²) in [7, 11) is 0. The summed E-state index contributed by atoms with van der Waals surface area (Å²) in [6.45, 7) is 2.26. The van der Waals surface area contributed by atoms with Gasteiger partial charge in [0.1, 0.15) is 5.82 Å². The van der Waals surface area contributed by atoms with Crippen LogP contribution in [0.1, 0.15) is 18.7 Å². The maximum absolute atomic E-state index is 6.20. The lowest BCUT2D eigenvalue weighted by molar-refractivity contribution is 0.368. The van der Waals surface area contributed by atoms with Gasteiger partial charge in [0.15, 0.2) is 0 Å². The Morgan fingerprint density at radius 1 is 1.21 bits per heavy atom. The molecule has 100 valence electrons. The highest BCUT2D eigenvalue weighted by Crippen LogP contribution is 2.26. The van der Waals surface area contributed by atoms with Crippen molar-refractivity contribution in [1.29, 1.82) is 0 Å². The normalized spacial score (nSPS) is 16.7. The number of nitrogens with zero attached hydrogens (tertiary/aromatic N) is 1. The van der Waals surface area contributed by atoms with E-state index >= 15 is 0 Å². The lowest BCUT2D eigenvalue weighted by Gasteiger charge is -2.21. The summed E-state index contributed by atoms with van der Waals surface area (Å²) in [4.78, 5) is 7.89. The van der Waals surface area contributed by atoms with Gasteiger partial charge in [-0.2, -0.15) is 0 Å². The molecule has 1 aliphatic heterocycles. The van der Waals surface area contributed by atoms with Crippen LogP contribution in [0.25, 0.3) is 11.3 Å². The van der Waals surface area contributed by atoms with Gasteiger partial charge in [0.25, 0.3) is 0 Å². The molecule has 0 spiro atoms. The van der Waals surface area contributed by atoms with Crippen LogP contribution in [0, 0.1) is 5.92 Å². The SMILES string of the molecule is Clc1ccccc1-c1cnc(CC2CCNCC2)[nH]1. The molecule has 2 aromatic rings. The van der Waals surface area contributed by atoms with Crippen LogP contribution in [-0.4, -0.2) is 23.1 Å². The van der Waals surface area contributed by atoms with Gasteiger partial charge >= 0.3 is 0 Å². The maximum Gasteiger partial charge on any atom is 0.106 e. The third-order valence-electron chi connectivity index (χ3n) is 3.73. The van der Waals surface area contributed by atoms with Crippen molar-refractivity contribution in [3.05, 3.63) is 41.3 Å². The zero-order valence-corrected chi connectivity index (χ0v) is 11.6. The van der Waals surface area contributed by atoms with E-state index in [4.69, 9.17) is 11.6 Å². The second-order valence-corrected chi connectivity index (χ2v) is 5.53. The molecule has 1 aromatic carbocycles. The van der Waals surface area contributed by atoms with Gasteiger partial charge in [0.2, 0.25) is 0 Å². The van der Waals surface area contributed by atoms with Crippen LogP contribution in [0.15, 0.2) is 30.5 Å². The minimum Gasteiger partial charge on any atom is -0.342 e. The van der Waals surface area contributed by atoms with Gasteiger partial charge in [-0.3, -0.25) is 0 Å². The van der Waals surface area contributed by atoms with E-state index < -0.39 is 0 Å². The Bertz CT molecular complexity index is 544. The van der Waals surface area contributed by atoms with Crippen LogP contribution in [0.3, 0.4) is 0 Å². The highest BCUT2D eigenvalue weighted by molar-refractivity contribution is 6.33. The Morgan fingerprint density at radius 3 is 2.79 bits per heavy atom. The average molecular weight is 276 g/mol. The summed E-state index contributed by atoms with van der Waals surface area (Å²) in [5, 5.41) is 4.15. The summed E-state index contributed by atoms with van der Waals surface area (Å²) in [5.41, 5.74) is 2.03. The van der Waals surface area contributed by atoms with Gasteiger partial charge in [-0.1, -0.05) is 29.8 Å². The topological polar surface area (TPSA) is 40.7 Å². The van der Waals surface area contributed by atoms with E-state index in [1.54, 1.807) is 0 Å². The van der Waals surface area contributed by atoms with Crippen molar-refractivity contribution < 1.29 is 0 Å². The van der Waals surface area contributed by atoms with Gasteiger partial charge in [-0.15, -0.1) is 0 Å². The van der Waals surface area contributed by atoms with E-state index in [-0.39, 0.29) is 0 Å². The van der Waals surface area contributed by atoms with Gasteiger partial charge in [0, 0.05) is 17.0 Å². The number of aromatic amines is 1. The van der Waals surface area contributed by atoms with Gasteiger partial charge in [-0.05, 0) is 37.9 Å². The van der Waals surface area contributed by atoms with Crippen molar-refractivity contribution in [3.63, 3.8) is 0 Å². The van der Waals surface area contributed by atoms with Crippen molar-refractivity contribution in [2.45, 2.75) is 19.3 Å². The number of hydrogen-bond donors (Lipinski definition) is 2. The number of aromatic nitrogens is 2. The zero-order valence-electron chi connectivity index (χ0n) is 10.8. The molecular formula is C15H18ClN3. The molecule has 0 unspecified atom stereocenters. The van der Waals surface area contributed by atoms with E-state index in [2.05, 4.69) is 15.3 Å². The van der Waals surface area contributed by atoms with E-state index in [1.807, 2.05) is 30.5 Å². The van der Waals surface area contributed by atoms with Crippen molar-refractivity contribution >= 4 is 11.6 Å². The predicted molar refractivity (Wildman–Crippen MR) is 78.3 cm³/mol. The standard InChI is InChI=1S/C15H18ClN3/c16-13-4-2-1-3-12(13)14-10-18-15(19-14)9-11-5-7-17-8-6-11/h1-4,10-11,17H,5-9H2,(H,18,19). The molecule has 3 rings (SSSR count). The fraction of sp³-hybridized carbons (Fsp3) is 0.400. The summed E-state index contributed by atoms with van der Waals surface area (Å²) < 4.78 is 0. The molecule has 0 aliphatic carbocycles. The molecule has 1 aliphatic rings. The van der Waals surface area contributed by atoms with Crippen LogP contribution in [0.2, 0.25) is 5.02 Å². The highest BCUT2D eigenvalue weighted by Gasteiger charge is 2.15. The second-order valence-electron chi connectivity index (χ2n) is 5.12. The number of piperidine rings is 1. The van der Waals surface area contributed by atoms with Gasteiger partial charge in [0.05, 0.1) is 11.9 Å². The van der Waals surface area contributed by atoms with Crippen molar-refractivity contribution in [3.8, 4) is 11.3 Å². The number of hydrogen-bond acceptors (Lipinski definition) is 2. The summed E-state index contributed by atoms with van der Waals surface area (Å²) in [6, 6.07) is 7.86. The molecule has 4 heteroatoms. The average Bonchev–Trinajstić information content (AvgIpc) is 2.89. The minimum absolute atomic E-state index is 0.742. The van der Waals surface area contributed by atoms with Crippen molar-refractivity contribution in [2.24, 2.45) is 5.92 Å². The first-order valence-electron chi connectivity index (χ1n) is 6.82. The Kier molecular flexibility index (Phi) is 3.85. The van der Waals surface area contributed by atoms with E-state index in [1.165, 1.54) is 12.8 Å². The first-order valence-corrected chi connectivity index (χ1v) is 7.20. The molecule has 0 amide bonds. The molecule has 0 atom stereocenters. The minimum atomic E-state index is 0.742. The summed E-state index contributed by atoms with van der Waals surface area (Å²) >= 11 is 6.20. The smallest absolute Gasteiger partial charge is 0.106 e. The second kappa shape index (κ2) is 5.76. The largest absolute Gasteiger partial charge is 0.342 e. The monoisotopic (exact) mass is 275 g/mol. The lowest BCUT2D eigenvalue weighted by Crippen LogP contribution is -2.28. The predicted octanol–water partition coefficient (Wildman–Crippen LogP) is 3.27. The molecule has 1 aromatic heterocycles. The summed E-state index contributed by atoms with van der Waals surface area (Å²) in [5.74, 6) is 1.81. The molecule has 0 saturated carbocycles. The first-order chi connectivity index (χ1) is 9.33. The molecule has 1 fully saturated rings. The van der Waals surface area contributed by atoms with E-state index in [0.29, 0.717) is 0 Å². The Balaban J connectivity index is 1.74. The summed E-state index contributed by atoms with van der Waals surface area (Å²) in [6.07, 6.45) is 5.40. The van der Waals surface area contributed by atoms with E-state index in [9.17, 15) is 0 Å². The highest BCUT2D eigenvalue weighted by atomic mass is 35.5. The Morgan fingerprint density at radius 2 is 2.00 bits per heavy atom. The fourth-order valence-electron chi connectivity index (χ4n) is 2.64. The van der Waals surface area contributed by atoms with Crippen molar-refractivity contribution in [2.75, 3.05) is 13.1 Å². The zero-order chi connectivity index (χ0) is 13.1. The Hall–Kier alpha value is -1.32. The van der Waals surface area contributed by atoms with Crippen LogP contribution in [0.4, 0.5) is 0 Å². The Labute approximate surface area is 118 Å². The fourth-order valence-corrected chi connectivity index (χ4v) is 2.88. The molecule has 0 bridgehead atoms. The molecular weight excluding hydrogens is 258 g/mol. The van der Waals surface area contributed by atoms with E-state index in [0.717, 1.165) is 47.5 Å². The lowest BCUT2D eigenvalue weighted by atomic mass is 9.94. The third kappa shape index (κ3) is 2.99. The van der Waals surface area contributed by atoms with Gasteiger partial charge in [-0.25, -0.2) is 4.98 Å². The van der Waals surface area contributed by atoms with Crippen molar-refractivity contribution in [1.82, 2.24) is 15.3 Å². The van der Waals surface area contributed by atoms with Gasteiger partial charge < -0.3 is 10.3 Å². The number of rotatable bonds is 3. The number of imidazole rings is 1. The van der Waals surface area contributed by atoms with Crippen LogP contribution < -0.4 is 5.32 Å².